The molecule has 32 heavy (non-hydrogen) atoms. The standard InChI is InChI=1S/C24H33N3O4S/c1-3-12-24(2,26-22(29)20-11-8-15-30-20)32-23(21(25)28)31-19-10-7-9-18(16-19)17-27-13-5-4-6-14-27/h7-11,15-16,23H,3-6,12-14,17H2,1-2H3,(H2,25,28)(H,26,29). The van der Waals surface area contributed by atoms with Gasteiger partial charge in [0.15, 0.2) is 5.76 Å². The fourth-order valence-electron chi connectivity index (χ4n) is 3.93. The Balaban J connectivity index is 1.68. The van der Waals surface area contributed by atoms with Crippen molar-refractivity contribution >= 4 is 23.6 Å². The Morgan fingerprint density at radius 3 is 2.69 bits per heavy atom. The number of likely N-dealkylation sites (tertiary alicyclic amines) is 1. The average Bonchev–Trinajstić information content (AvgIpc) is 3.29. The topological polar surface area (TPSA) is 97.8 Å². The van der Waals surface area contributed by atoms with E-state index in [1.54, 1.807) is 12.1 Å². The number of carbonyl (C=O) groups is 2. The smallest absolute Gasteiger partial charge is 0.288 e. The summed E-state index contributed by atoms with van der Waals surface area (Å²) in [4.78, 5) is 26.5. The SMILES string of the molecule is CCCC(C)(NC(=O)c1ccco1)SC(Oc1cccc(CN2CCCCC2)c1)C(N)=O. The number of thioether (sulfide) groups is 1. The maximum absolute atomic E-state index is 12.6. The van der Waals surface area contributed by atoms with Crippen LogP contribution in [0.5, 0.6) is 5.75 Å². The number of nitrogens with one attached hydrogen (secondary N) is 1. The van der Waals surface area contributed by atoms with Gasteiger partial charge < -0.3 is 20.2 Å². The van der Waals surface area contributed by atoms with Crippen LogP contribution < -0.4 is 15.8 Å². The zero-order chi connectivity index (χ0) is 23.0. The summed E-state index contributed by atoms with van der Waals surface area (Å²) in [7, 11) is 0. The first-order valence-corrected chi connectivity index (χ1v) is 12.1. The number of carbonyl (C=O) groups excluding carboxylic acids is 2. The quantitative estimate of drug-likeness (QED) is 0.490. The van der Waals surface area contributed by atoms with E-state index in [1.165, 1.54) is 37.3 Å². The summed E-state index contributed by atoms with van der Waals surface area (Å²) in [6.45, 7) is 6.96. The second kappa shape index (κ2) is 11.4. The van der Waals surface area contributed by atoms with E-state index in [9.17, 15) is 9.59 Å². The third-order valence-corrected chi connectivity index (χ3v) is 6.81. The van der Waals surface area contributed by atoms with Gasteiger partial charge >= 0.3 is 0 Å². The first kappa shape index (κ1) is 24.2. The Bertz CT molecular complexity index is 883. The zero-order valence-electron chi connectivity index (χ0n) is 18.8. The van der Waals surface area contributed by atoms with Gasteiger partial charge in [0.25, 0.3) is 11.8 Å². The van der Waals surface area contributed by atoms with E-state index in [0.29, 0.717) is 12.2 Å². The Labute approximate surface area is 194 Å². The van der Waals surface area contributed by atoms with Crippen molar-refractivity contribution in [2.24, 2.45) is 5.73 Å². The van der Waals surface area contributed by atoms with Crippen molar-refractivity contribution in [2.75, 3.05) is 13.1 Å². The van der Waals surface area contributed by atoms with Crippen LogP contribution in [0.25, 0.3) is 0 Å². The van der Waals surface area contributed by atoms with E-state index < -0.39 is 16.2 Å². The molecule has 174 valence electrons. The summed E-state index contributed by atoms with van der Waals surface area (Å²) < 4.78 is 11.2. The molecule has 0 spiro atoms. The van der Waals surface area contributed by atoms with Gasteiger partial charge in [0.2, 0.25) is 5.44 Å². The highest BCUT2D eigenvalue weighted by Gasteiger charge is 2.34. The second-order valence-corrected chi connectivity index (χ2v) is 9.93. The number of piperidine rings is 1. The van der Waals surface area contributed by atoms with Crippen molar-refractivity contribution in [3.8, 4) is 5.75 Å². The molecule has 1 fully saturated rings. The van der Waals surface area contributed by atoms with Gasteiger partial charge in [0, 0.05) is 6.54 Å². The van der Waals surface area contributed by atoms with E-state index in [4.69, 9.17) is 14.9 Å². The molecule has 3 N–H and O–H groups in total. The number of hydrogen-bond donors (Lipinski definition) is 2. The molecule has 0 radical (unpaired) electrons. The van der Waals surface area contributed by atoms with Gasteiger partial charge in [-0.05, 0) is 69.1 Å². The van der Waals surface area contributed by atoms with Crippen LogP contribution in [0.4, 0.5) is 0 Å². The van der Waals surface area contributed by atoms with E-state index in [0.717, 1.165) is 31.6 Å². The number of rotatable bonds is 11. The molecule has 2 heterocycles. The van der Waals surface area contributed by atoms with Gasteiger partial charge in [0.05, 0.1) is 11.1 Å². The zero-order valence-corrected chi connectivity index (χ0v) is 19.7. The third-order valence-electron chi connectivity index (χ3n) is 5.45. The monoisotopic (exact) mass is 459 g/mol. The van der Waals surface area contributed by atoms with Crippen LogP contribution in [-0.2, 0) is 11.3 Å². The molecule has 0 aliphatic carbocycles. The number of nitrogens with zero attached hydrogens (tertiary/aromatic N) is 1. The van der Waals surface area contributed by atoms with Crippen LogP contribution >= 0.6 is 11.8 Å². The van der Waals surface area contributed by atoms with E-state index in [1.807, 2.05) is 32.0 Å². The minimum atomic E-state index is -0.950. The van der Waals surface area contributed by atoms with Gasteiger partial charge in [-0.3, -0.25) is 14.5 Å². The summed E-state index contributed by atoms with van der Waals surface area (Å²) in [5.74, 6) is -0.127. The Morgan fingerprint density at radius 1 is 1.25 bits per heavy atom. The molecule has 1 saturated heterocycles. The fraction of sp³-hybridized carbons (Fsp3) is 0.500. The first-order valence-electron chi connectivity index (χ1n) is 11.2. The molecule has 2 unspecified atom stereocenters. The molecule has 3 rings (SSSR count). The molecule has 2 atom stereocenters. The molecule has 0 saturated carbocycles. The molecule has 2 amide bonds. The number of amides is 2. The first-order chi connectivity index (χ1) is 15.4. The van der Waals surface area contributed by atoms with Crippen LogP contribution in [0.2, 0.25) is 0 Å². The lowest BCUT2D eigenvalue weighted by molar-refractivity contribution is -0.121. The van der Waals surface area contributed by atoms with Crippen LogP contribution in [0.1, 0.15) is 62.1 Å². The lowest BCUT2D eigenvalue weighted by atomic mass is 10.1. The highest BCUT2D eigenvalue weighted by atomic mass is 32.2. The number of benzene rings is 1. The number of nitrogens with two attached hydrogens (primary N) is 1. The van der Waals surface area contributed by atoms with Gasteiger partial charge in [-0.25, -0.2) is 0 Å². The summed E-state index contributed by atoms with van der Waals surface area (Å²) in [5.41, 5.74) is 5.87. The number of hydrogen-bond acceptors (Lipinski definition) is 6. The van der Waals surface area contributed by atoms with Gasteiger partial charge in [-0.2, -0.15) is 0 Å². The van der Waals surface area contributed by atoms with Crippen molar-refractivity contribution in [1.29, 1.82) is 0 Å². The highest BCUT2D eigenvalue weighted by molar-refractivity contribution is 8.01. The summed E-state index contributed by atoms with van der Waals surface area (Å²) in [5, 5.41) is 2.97. The predicted octanol–water partition coefficient (Wildman–Crippen LogP) is 4.14. The largest absolute Gasteiger partial charge is 0.470 e. The lowest BCUT2D eigenvalue weighted by Crippen LogP contribution is -2.47. The minimum Gasteiger partial charge on any atom is -0.470 e. The molecule has 0 bridgehead atoms. The second-order valence-electron chi connectivity index (χ2n) is 8.37. The summed E-state index contributed by atoms with van der Waals surface area (Å²) in [6, 6.07) is 11.0. The van der Waals surface area contributed by atoms with Crippen molar-refractivity contribution in [3.05, 3.63) is 54.0 Å². The van der Waals surface area contributed by atoms with Gasteiger partial charge in [0.1, 0.15) is 5.75 Å². The molecule has 1 aliphatic rings. The molecule has 7 nitrogen and oxygen atoms in total. The van der Waals surface area contributed by atoms with E-state index in [2.05, 4.69) is 16.3 Å². The van der Waals surface area contributed by atoms with Crippen molar-refractivity contribution in [3.63, 3.8) is 0 Å². The minimum absolute atomic E-state index is 0.217. The molecular weight excluding hydrogens is 426 g/mol. The average molecular weight is 460 g/mol. The molecule has 2 aromatic rings. The predicted molar refractivity (Wildman–Crippen MR) is 126 cm³/mol. The molecular formula is C24H33N3O4S. The number of ether oxygens (including phenoxy) is 1. The lowest BCUT2D eigenvalue weighted by Gasteiger charge is -2.32. The van der Waals surface area contributed by atoms with Gasteiger partial charge in [-0.15, -0.1) is 0 Å². The Morgan fingerprint density at radius 2 is 2.03 bits per heavy atom. The molecule has 1 aromatic heterocycles. The van der Waals surface area contributed by atoms with Crippen LogP contribution in [0.15, 0.2) is 47.1 Å². The highest BCUT2D eigenvalue weighted by Crippen LogP contribution is 2.33. The summed E-state index contributed by atoms with van der Waals surface area (Å²) in [6.07, 6.45) is 6.65. The Kier molecular flexibility index (Phi) is 8.64. The molecule has 8 heteroatoms. The fourth-order valence-corrected chi connectivity index (χ4v) is 5.15. The van der Waals surface area contributed by atoms with Crippen molar-refractivity contribution in [1.82, 2.24) is 10.2 Å². The maximum atomic E-state index is 12.6. The van der Waals surface area contributed by atoms with Crippen molar-refractivity contribution in [2.45, 2.75) is 62.8 Å². The maximum Gasteiger partial charge on any atom is 0.288 e. The van der Waals surface area contributed by atoms with Crippen LogP contribution in [-0.4, -0.2) is 40.1 Å². The Hall–Kier alpha value is -2.45. The summed E-state index contributed by atoms with van der Waals surface area (Å²) >= 11 is 1.21. The van der Waals surface area contributed by atoms with E-state index >= 15 is 0 Å². The molecule has 1 aliphatic heterocycles. The third kappa shape index (κ3) is 7.03. The number of primary amides is 1. The van der Waals surface area contributed by atoms with Gasteiger partial charge in [-0.1, -0.05) is 43.7 Å². The normalized spacial score (nSPS) is 17.3. The van der Waals surface area contributed by atoms with Crippen LogP contribution in [0, 0.1) is 0 Å². The number of furan rings is 1. The van der Waals surface area contributed by atoms with E-state index in [-0.39, 0.29) is 11.7 Å². The molecule has 1 aromatic carbocycles. The van der Waals surface area contributed by atoms with Crippen molar-refractivity contribution < 1.29 is 18.7 Å². The van der Waals surface area contributed by atoms with Crippen LogP contribution in [0.3, 0.4) is 0 Å².